The smallest absolute Gasteiger partial charge is 0.231 e. The van der Waals surface area contributed by atoms with Crippen LogP contribution >= 0.6 is 11.6 Å². The summed E-state index contributed by atoms with van der Waals surface area (Å²) >= 11 is 6.04. The number of hydrogen-bond donors (Lipinski definition) is 0. The van der Waals surface area contributed by atoms with Crippen LogP contribution in [0.4, 0.5) is 11.9 Å². The Morgan fingerprint density at radius 3 is 2.42 bits per heavy atom. The van der Waals surface area contributed by atoms with Crippen LogP contribution in [0.1, 0.15) is 34.1 Å². The zero-order valence-electron chi connectivity index (χ0n) is 12.1. The Bertz CT molecular complexity index is 445. The monoisotopic (exact) mass is 283 g/mol. The van der Waals surface area contributed by atoms with E-state index in [9.17, 15) is 0 Å². The summed E-state index contributed by atoms with van der Waals surface area (Å²) in [4.78, 5) is 17.3. The van der Waals surface area contributed by atoms with Crippen molar-refractivity contribution in [2.24, 2.45) is 5.41 Å². The third kappa shape index (κ3) is 3.26. The van der Waals surface area contributed by atoms with Gasteiger partial charge in [-0.2, -0.15) is 15.0 Å². The molecule has 1 saturated heterocycles. The van der Waals surface area contributed by atoms with Crippen LogP contribution in [-0.4, -0.2) is 41.1 Å². The van der Waals surface area contributed by atoms with Gasteiger partial charge in [-0.3, -0.25) is 0 Å². The molecule has 2 rings (SSSR count). The van der Waals surface area contributed by atoms with Gasteiger partial charge in [0.1, 0.15) is 0 Å². The highest BCUT2D eigenvalue weighted by atomic mass is 35.5. The topological polar surface area (TPSA) is 45.2 Å². The van der Waals surface area contributed by atoms with Gasteiger partial charge in [0.05, 0.1) is 0 Å². The summed E-state index contributed by atoms with van der Waals surface area (Å²) in [5.41, 5.74) is 0.314. The number of anilines is 2. The Labute approximate surface area is 120 Å². The molecule has 0 bridgehead atoms. The molecule has 0 atom stereocenters. The number of aromatic nitrogens is 3. The summed E-state index contributed by atoms with van der Waals surface area (Å²) in [5, 5.41) is 0.275. The predicted molar refractivity (Wildman–Crippen MR) is 79.0 cm³/mol. The molecule has 2 heterocycles. The fourth-order valence-electron chi connectivity index (χ4n) is 2.40. The van der Waals surface area contributed by atoms with Crippen molar-refractivity contribution in [3.63, 3.8) is 0 Å². The summed E-state index contributed by atoms with van der Waals surface area (Å²) in [6.45, 7) is 12.4. The third-order valence-electron chi connectivity index (χ3n) is 3.59. The van der Waals surface area contributed by atoms with Crippen LogP contribution in [0, 0.1) is 5.41 Å². The molecule has 5 nitrogen and oxygen atoms in total. The lowest BCUT2D eigenvalue weighted by Crippen LogP contribution is -2.28. The van der Waals surface area contributed by atoms with E-state index in [2.05, 4.69) is 52.4 Å². The molecule has 1 aliphatic heterocycles. The van der Waals surface area contributed by atoms with Crippen LogP contribution in [-0.2, 0) is 0 Å². The first-order chi connectivity index (χ1) is 8.95. The Hall–Kier alpha value is -1.10. The average Bonchev–Trinajstić information content (AvgIpc) is 2.71. The summed E-state index contributed by atoms with van der Waals surface area (Å²) in [7, 11) is 0. The van der Waals surface area contributed by atoms with Gasteiger partial charge in [-0.05, 0) is 37.3 Å². The van der Waals surface area contributed by atoms with Crippen LogP contribution in [0.15, 0.2) is 0 Å². The van der Waals surface area contributed by atoms with Gasteiger partial charge in [-0.25, -0.2) is 0 Å². The Morgan fingerprint density at radius 2 is 1.89 bits per heavy atom. The van der Waals surface area contributed by atoms with Gasteiger partial charge < -0.3 is 9.80 Å². The van der Waals surface area contributed by atoms with Crippen molar-refractivity contribution in [3.05, 3.63) is 5.28 Å². The van der Waals surface area contributed by atoms with E-state index in [4.69, 9.17) is 11.6 Å². The maximum absolute atomic E-state index is 6.04. The lowest BCUT2D eigenvalue weighted by molar-refractivity contribution is 0.418. The molecule has 1 aliphatic rings. The summed E-state index contributed by atoms with van der Waals surface area (Å²) in [5.74, 6) is 1.37. The molecule has 6 heteroatoms. The summed E-state index contributed by atoms with van der Waals surface area (Å²) in [6.07, 6.45) is 1.15. The molecular formula is C13H22ClN5. The minimum Gasteiger partial charge on any atom is -0.341 e. The molecule has 0 radical (unpaired) electrons. The molecule has 1 aromatic rings. The zero-order valence-corrected chi connectivity index (χ0v) is 12.9. The molecule has 1 aromatic heterocycles. The second-order valence-corrected chi connectivity index (χ2v) is 6.05. The highest BCUT2D eigenvalue weighted by Crippen LogP contribution is 2.31. The lowest BCUT2D eigenvalue weighted by atomic mass is 9.93. The van der Waals surface area contributed by atoms with E-state index in [1.54, 1.807) is 0 Å². The molecule has 0 unspecified atom stereocenters. The quantitative estimate of drug-likeness (QED) is 0.850. The van der Waals surface area contributed by atoms with Crippen molar-refractivity contribution in [3.8, 4) is 0 Å². The van der Waals surface area contributed by atoms with E-state index in [0.717, 1.165) is 32.6 Å². The molecule has 106 valence electrons. The first-order valence-corrected chi connectivity index (χ1v) is 7.24. The number of hydrogen-bond acceptors (Lipinski definition) is 5. The van der Waals surface area contributed by atoms with Crippen LogP contribution in [0.25, 0.3) is 0 Å². The molecule has 0 spiro atoms. The van der Waals surface area contributed by atoms with E-state index < -0.39 is 0 Å². The maximum Gasteiger partial charge on any atom is 0.231 e. The minimum atomic E-state index is 0.275. The highest BCUT2D eigenvalue weighted by Gasteiger charge is 2.31. The van der Waals surface area contributed by atoms with Gasteiger partial charge in [0, 0.05) is 26.2 Å². The molecule has 1 fully saturated rings. The third-order valence-corrected chi connectivity index (χ3v) is 3.76. The van der Waals surface area contributed by atoms with Gasteiger partial charge in [-0.1, -0.05) is 13.8 Å². The standard InChI is InChI=1S/C13H22ClN5/c1-5-18(6-2)11-15-10(14)16-12(17-11)19-8-7-13(3,4)9-19/h5-9H2,1-4H3. The SMILES string of the molecule is CCN(CC)c1nc(Cl)nc(N2CCC(C)(C)C2)n1. The normalized spacial score (nSPS) is 17.8. The van der Waals surface area contributed by atoms with Crippen molar-refractivity contribution in [1.29, 1.82) is 0 Å². The second kappa shape index (κ2) is 5.49. The van der Waals surface area contributed by atoms with E-state index in [1.165, 1.54) is 0 Å². The van der Waals surface area contributed by atoms with Gasteiger partial charge in [0.25, 0.3) is 0 Å². The Balaban J connectivity index is 2.27. The van der Waals surface area contributed by atoms with E-state index in [0.29, 0.717) is 17.3 Å². The largest absolute Gasteiger partial charge is 0.341 e. The number of rotatable bonds is 4. The van der Waals surface area contributed by atoms with E-state index >= 15 is 0 Å². The molecule has 0 amide bonds. The number of halogens is 1. The van der Waals surface area contributed by atoms with Gasteiger partial charge in [0.15, 0.2) is 0 Å². The van der Waals surface area contributed by atoms with Crippen LogP contribution in [0.3, 0.4) is 0 Å². The van der Waals surface area contributed by atoms with Crippen molar-refractivity contribution < 1.29 is 0 Å². The van der Waals surface area contributed by atoms with E-state index in [1.807, 2.05) is 0 Å². The minimum absolute atomic E-state index is 0.275. The maximum atomic E-state index is 6.04. The van der Waals surface area contributed by atoms with Crippen molar-refractivity contribution >= 4 is 23.5 Å². The molecule has 0 saturated carbocycles. The van der Waals surface area contributed by atoms with Crippen molar-refractivity contribution in [2.75, 3.05) is 36.0 Å². The van der Waals surface area contributed by atoms with Gasteiger partial charge >= 0.3 is 0 Å². The predicted octanol–water partition coefficient (Wildman–Crippen LogP) is 2.61. The Morgan fingerprint density at radius 1 is 1.21 bits per heavy atom. The summed E-state index contributed by atoms with van der Waals surface area (Å²) in [6, 6.07) is 0. The van der Waals surface area contributed by atoms with E-state index in [-0.39, 0.29) is 5.28 Å². The first-order valence-electron chi connectivity index (χ1n) is 6.86. The first kappa shape index (κ1) is 14.3. The highest BCUT2D eigenvalue weighted by molar-refractivity contribution is 6.28. The molecular weight excluding hydrogens is 262 g/mol. The molecule has 0 aromatic carbocycles. The zero-order chi connectivity index (χ0) is 14.0. The van der Waals surface area contributed by atoms with Crippen LogP contribution < -0.4 is 9.80 Å². The summed E-state index contributed by atoms with van der Waals surface area (Å²) < 4.78 is 0. The molecule has 19 heavy (non-hydrogen) atoms. The Kier molecular flexibility index (Phi) is 4.13. The fraction of sp³-hybridized carbons (Fsp3) is 0.769. The average molecular weight is 284 g/mol. The van der Waals surface area contributed by atoms with Crippen molar-refractivity contribution in [1.82, 2.24) is 15.0 Å². The van der Waals surface area contributed by atoms with Gasteiger partial charge in [-0.15, -0.1) is 0 Å². The molecule has 0 N–H and O–H groups in total. The molecule has 0 aliphatic carbocycles. The van der Waals surface area contributed by atoms with Crippen LogP contribution in [0.5, 0.6) is 0 Å². The fourth-order valence-corrected chi connectivity index (χ4v) is 2.55. The second-order valence-electron chi connectivity index (χ2n) is 5.71. The van der Waals surface area contributed by atoms with Gasteiger partial charge in [0.2, 0.25) is 17.2 Å². The van der Waals surface area contributed by atoms with Crippen LogP contribution in [0.2, 0.25) is 5.28 Å². The van der Waals surface area contributed by atoms with Crippen molar-refractivity contribution in [2.45, 2.75) is 34.1 Å². The number of nitrogens with zero attached hydrogens (tertiary/aromatic N) is 5. The lowest BCUT2D eigenvalue weighted by Gasteiger charge is -2.22.